The van der Waals surface area contributed by atoms with Crippen LogP contribution in [0, 0.1) is 0 Å². The summed E-state index contributed by atoms with van der Waals surface area (Å²) in [4.78, 5) is 8.49. The molecule has 0 saturated carbocycles. The van der Waals surface area contributed by atoms with E-state index in [1.165, 1.54) is 0 Å². The van der Waals surface area contributed by atoms with Gasteiger partial charge in [0.25, 0.3) is 0 Å². The van der Waals surface area contributed by atoms with E-state index in [1.54, 1.807) is 19.4 Å². The number of rotatable bonds is 4. The molecule has 0 aromatic carbocycles. The van der Waals surface area contributed by atoms with Crippen LogP contribution in [-0.2, 0) is 0 Å². The second-order valence-corrected chi connectivity index (χ2v) is 2.99. The molecule has 3 nitrogen and oxygen atoms in total. The quantitative estimate of drug-likeness (QED) is 0.707. The molecule has 0 aliphatic rings. The third-order valence-corrected chi connectivity index (χ3v) is 1.87. The van der Waals surface area contributed by atoms with Crippen molar-refractivity contribution in [1.82, 2.24) is 9.97 Å². The van der Waals surface area contributed by atoms with Gasteiger partial charge in [-0.15, -0.1) is 0 Å². The Kier molecular flexibility index (Phi) is 4.54. The first-order valence-corrected chi connectivity index (χ1v) is 5.02. The normalized spacial score (nSPS) is 12.1. The van der Waals surface area contributed by atoms with Crippen molar-refractivity contribution in [2.45, 2.75) is 20.3 Å². The van der Waals surface area contributed by atoms with Gasteiger partial charge in [0.2, 0.25) is 5.88 Å². The molecular weight excluding hydrogens is 188 g/mol. The molecule has 1 aromatic heterocycles. The summed E-state index contributed by atoms with van der Waals surface area (Å²) in [6.07, 6.45) is 8.73. The molecule has 15 heavy (non-hydrogen) atoms. The maximum atomic E-state index is 5.06. The summed E-state index contributed by atoms with van der Waals surface area (Å²) >= 11 is 0. The van der Waals surface area contributed by atoms with Crippen LogP contribution >= 0.6 is 0 Å². The van der Waals surface area contributed by atoms with Crippen molar-refractivity contribution < 1.29 is 4.74 Å². The van der Waals surface area contributed by atoms with Gasteiger partial charge in [-0.25, -0.2) is 4.98 Å². The van der Waals surface area contributed by atoms with E-state index in [-0.39, 0.29) is 0 Å². The van der Waals surface area contributed by atoms with Crippen LogP contribution in [0.5, 0.6) is 5.88 Å². The van der Waals surface area contributed by atoms with Crippen LogP contribution in [0.2, 0.25) is 0 Å². The average molecular weight is 204 g/mol. The van der Waals surface area contributed by atoms with Crippen molar-refractivity contribution in [2.24, 2.45) is 0 Å². The summed E-state index contributed by atoms with van der Waals surface area (Å²) in [7, 11) is 1.60. The van der Waals surface area contributed by atoms with Gasteiger partial charge in [-0.3, -0.25) is 0 Å². The molecule has 1 rings (SSSR count). The Balaban J connectivity index is 3.05. The molecule has 0 atom stereocenters. The Bertz CT molecular complexity index is 370. The number of nitrogens with zero attached hydrogens (tertiary/aromatic N) is 2. The monoisotopic (exact) mass is 204 g/mol. The van der Waals surface area contributed by atoms with Gasteiger partial charge in [-0.05, 0) is 13.3 Å². The van der Waals surface area contributed by atoms with Gasteiger partial charge in [0, 0.05) is 17.8 Å². The van der Waals surface area contributed by atoms with Crippen molar-refractivity contribution in [3.8, 4) is 5.88 Å². The fourth-order valence-corrected chi connectivity index (χ4v) is 1.23. The van der Waals surface area contributed by atoms with Crippen molar-refractivity contribution in [1.29, 1.82) is 0 Å². The third-order valence-electron chi connectivity index (χ3n) is 1.87. The number of methoxy groups -OCH3 is 1. The molecule has 0 bridgehead atoms. The summed E-state index contributed by atoms with van der Waals surface area (Å²) in [6.45, 7) is 4.06. The first-order valence-electron chi connectivity index (χ1n) is 5.02. The van der Waals surface area contributed by atoms with Crippen LogP contribution in [0.15, 0.2) is 30.5 Å². The number of hydrogen-bond acceptors (Lipinski definition) is 3. The molecule has 0 saturated heterocycles. The fraction of sp³-hybridized carbons (Fsp3) is 0.333. The zero-order valence-electron chi connectivity index (χ0n) is 9.40. The van der Waals surface area contributed by atoms with Crippen LogP contribution < -0.4 is 4.74 Å². The summed E-state index contributed by atoms with van der Waals surface area (Å²) in [6, 6.07) is 1.74. The standard InChI is InChI=1S/C12H16N2O/c1-4-6-10(7-5-2)12-13-9-8-11(14-12)15-3/h4,6-9H,5H2,1-3H3/b6-4-,10-7+. The Morgan fingerprint density at radius 2 is 2.33 bits per heavy atom. The zero-order valence-corrected chi connectivity index (χ0v) is 9.40. The van der Waals surface area contributed by atoms with E-state index in [1.807, 2.05) is 19.1 Å². The predicted octanol–water partition coefficient (Wildman–Crippen LogP) is 2.85. The Labute approximate surface area is 90.5 Å². The minimum atomic E-state index is 0.589. The molecular formula is C12H16N2O. The first-order chi connectivity index (χ1) is 7.31. The molecule has 0 fully saturated rings. The summed E-state index contributed by atoms with van der Waals surface area (Å²) < 4.78 is 5.06. The van der Waals surface area contributed by atoms with Gasteiger partial charge in [-0.1, -0.05) is 25.2 Å². The highest BCUT2D eigenvalue weighted by Crippen LogP contribution is 2.14. The van der Waals surface area contributed by atoms with Crippen LogP contribution in [0.25, 0.3) is 5.57 Å². The fourth-order valence-electron chi connectivity index (χ4n) is 1.23. The third kappa shape index (κ3) is 3.20. The van der Waals surface area contributed by atoms with Gasteiger partial charge < -0.3 is 4.74 Å². The second-order valence-electron chi connectivity index (χ2n) is 2.99. The van der Waals surface area contributed by atoms with E-state index in [0.29, 0.717) is 11.7 Å². The minimum absolute atomic E-state index is 0.589. The number of ether oxygens (including phenoxy) is 1. The molecule has 80 valence electrons. The van der Waals surface area contributed by atoms with Crippen LogP contribution in [0.1, 0.15) is 26.1 Å². The maximum absolute atomic E-state index is 5.06. The van der Waals surface area contributed by atoms with Gasteiger partial charge in [0.15, 0.2) is 5.82 Å². The van der Waals surface area contributed by atoms with Gasteiger partial charge in [0.05, 0.1) is 7.11 Å². The maximum Gasteiger partial charge on any atom is 0.216 e. The first kappa shape index (κ1) is 11.4. The highest BCUT2D eigenvalue weighted by Gasteiger charge is 2.02. The van der Waals surface area contributed by atoms with Crippen LogP contribution in [0.4, 0.5) is 0 Å². The predicted molar refractivity (Wildman–Crippen MR) is 61.7 cm³/mol. The van der Waals surface area contributed by atoms with Crippen LogP contribution in [-0.4, -0.2) is 17.1 Å². The largest absolute Gasteiger partial charge is 0.481 e. The lowest BCUT2D eigenvalue weighted by atomic mass is 10.2. The van der Waals surface area contributed by atoms with E-state index in [0.717, 1.165) is 12.0 Å². The lowest BCUT2D eigenvalue weighted by molar-refractivity contribution is 0.396. The molecule has 0 spiro atoms. The summed E-state index contributed by atoms with van der Waals surface area (Å²) in [5.74, 6) is 1.29. The van der Waals surface area contributed by atoms with Gasteiger partial charge in [0.1, 0.15) is 0 Å². The Hall–Kier alpha value is -1.64. The van der Waals surface area contributed by atoms with E-state index in [2.05, 4.69) is 23.0 Å². The Morgan fingerprint density at radius 3 is 2.93 bits per heavy atom. The smallest absolute Gasteiger partial charge is 0.216 e. The van der Waals surface area contributed by atoms with E-state index >= 15 is 0 Å². The van der Waals surface area contributed by atoms with Gasteiger partial charge in [-0.2, -0.15) is 4.98 Å². The molecule has 0 amide bonds. The van der Waals surface area contributed by atoms with E-state index in [9.17, 15) is 0 Å². The molecule has 0 N–H and O–H groups in total. The van der Waals surface area contributed by atoms with E-state index in [4.69, 9.17) is 4.74 Å². The van der Waals surface area contributed by atoms with Crippen molar-refractivity contribution in [3.05, 3.63) is 36.3 Å². The summed E-state index contributed by atoms with van der Waals surface area (Å²) in [5, 5.41) is 0. The molecule has 1 aromatic rings. The Morgan fingerprint density at radius 1 is 1.53 bits per heavy atom. The van der Waals surface area contributed by atoms with E-state index < -0.39 is 0 Å². The molecule has 0 aliphatic heterocycles. The molecule has 3 heteroatoms. The van der Waals surface area contributed by atoms with Gasteiger partial charge >= 0.3 is 0 Å². The molecule has 0 radical (unpaired) electrons. The highest BCUT2D eigenvalue weighted by molar-refractivity contribution is 5.69. The molecule has 0 aliphatic carbocycles. The lowest BCUT2D eigenvalue weighted by Gasteiger charge is -2.02. The number of aromatic nitrogens is 2. The van der Waals surface area contributed by atoms with Crippen molar-refractivity contribution in [3.63, 3.8) is 0 Å². The minimum Gasteiger partial charge on any atom is -0.481 e. The second kappa shape index (κ2) is 5.96. The van der Waals surface area contributed by atoms with Crippen LogP contribution in [0.3, 0.4) is 0 Å². The molecule has 1 heterocycles. The number of hydrogen-bond donors (Lipinski definition) is 0. The lowest BCUT2D eigenvalue weighted by Crippen LogP contribution is -1.95. The topological polar surface area (TPSA) is 35.0 Å². The van der Waals surface area contributed by atoms with Crippen molar-refractivity contribution in [2.75, 3.05) is 7.11 Å². The SMILES string of the molecule is C/C=C\C(=C/CC)c1nccc(OC)n1. The zero-order chi connectivity index (χ0) is 11.1. The number of allylic oxidation sites excluding steroid dienone is 4. The van der Waals surface area contributed by atoms with Crippen molar-refractivity contribution >= 4 is 5.57 Å². The average Bonchev–Trinajstić information content (AvgIpc) is 2.29. The molecule has 0 unspecified atom stereocenters. The summed E-state index contributed by atoms with van der Waals surface area (Å²) in [5.41, 5.74) is 1.03. The highest BCUT2D eigenvalue weighted by atomic mass is 16.5.